The molecule has 4 rings (SSSR count). The van der Waals surface area contributed by atoms with Gasteiger partial charge in [0.25, 0.3) is 0 Å². The summed E-state index contributed by atoms with van der Waals surface area (Å²) in [6.07, 6.45) is 0.711. The van der Waals surface area contributed by atoms with Gasteiger partial charge in [-0.15, -0.1) is 21.5 Å². The third kappa shape index (κ3) is 5.10. The van der Waals surface area contributed by atoms with Crippen LogP contribution in [0, 0.1) is 0 Å². The predicted octanol–water partition coefficient (Wildman–Crippen LogP) is 4.43. The zero-order valence-electron chi connectivity index (χ0n) is 16.8. The number of ketones is 1. The van der Waals surface area contributed by atoms with Gasteiger partial charge < -0.3 is 9.88 Å². The van der Waals surface area contributed by atoms with Gasteiger partial charge in [0.15, 0.2) is 10.9 Å². The lowest BCUT2D eigenvalue weighted by atomic mass is 10.0. The topological polar surface area (TPSA) is 76.9 Å². The number of hydrogen-bond donors (Lipinski definition) is 1. The van der Waals surface area contributed by atoms with Crippen molar-refractivity contribution in [3.63, 3.8) is 0 Å². The molecule has 6 nitrogen and oxygen atoms in total. The molecule has 0 fully saturated rings. The first-order chi connectivity index (χ1) is 15.1. The third-order valence-corrected chi connectivity index (χ3v) is 6.55. The Morgan fingerprint density at radius 3 is 2.55 bits per heavy atom. The maximum Gasteiger partial charge on any atom is 0.234 e. The molecular weight excluding hydrogens is 428 g/mol. The van der Waals surface area contributed by atoms with Gasteiger partial charge in [-0.3, -0.25) is 9.59 Å². The number of thioether (sulfide) groups is 1. The zero-order valence-corrected chi connectivity index (χ0v) is 18.5. The smallest absolute Gasteiger partial charge is 0.234 e. The molecule has 0 saturated heterocycles. The van der Waals surface area contributed by atoms with E-state index in [-0.39, 0.29) is 17.4 Å². The van der Waals surface area contributed by atoms with Crippen molar-refractivity contribution in [3.05, 3.63) is 93.9 Å². The van der Waals surface area contributed by atoms with Crippen LogP contribution in [0.5, 0.6) is 0 Å². The lowest BCUT2D eigenvalue weighted by Gasteiger charge is -2.10. The van der Waals surface area contributed by atoms with Crippen LogP contribution in [0.1, 0.15) is 26.6 Å². The molecule has 0 radical (unpaired) electrons. The Bertz CT molecular complexity index is 1190. The number of carbonyl (C=O) groups is 2. The Kier molecular flexibility index (Phi) is 6.59. The van der Waals surface area contributed by atoms with E-state index in [9.17, 15) is 9.59 Å². The highest BCUT2D eigenvalue weighted by molar-refractivity contribution is 7.99. The van der Waals surface area contributed by atoms with Crippen molar-refractivity contribution >= 4 is 40.5 Å². The van der Waals surface area contributed by atoms with Crippen molar-refractivity contribution in [3.8, 4) is 0 Å². The van der Waals surface area contributed by atoms with Crippen molar-refractivity contribution in [2.24, 2.45) is 7.05 Å². The summed E-state index contributed by atoms with van der Waals surface area (Å²) in [5.41, 5.74) is 1.54. The number of amides is 1. The molecule has 1 N–H and O–H groups in total. The lowest BCUT2D eigenvalue weighted by Crippen LogP contribution is -2.17. The average molecular weight is 449 g/mol. The highest BCUT2D eigenvalue weighted by Crippen LogP contribution is 2.22. The molecule has 2 aromatic carbocycles. The number of para-hydroxylation sites is 1. The molecule has 0 unspecified atom stereocenters. The molecule has 0 aliphatic carbocycles. The van der Waals surface area contributed by atoms with E-state index < -0.39 is 0 Å². The van der Waals surface area contributed by atoms with E-state index in [0.29, 0.717) is 28.4 Å². The molecule has 0 aliphatic heterocycles. The second-order valence-corrected chi connectivity index (χ2v) is 8.77. The summed E-state index contributed by atoms with van der Waals surface area (Å²) < 4.78 is 1.91. The summed E-state index contributed by atoms with van der Waals surface area (Å²) in [7, 11) is 1.90. The van der Waals surface area contributed by atoms with E-state index in [1.807, 2.05) is 41.3 Å². The van der Waals surface area contributed by atoms with Gasteiger partial charge in [-0.25, -0.2) is 0 Å². The Morgan fingerprint density at radius 1 is 1.00 bits per heavy atom. The monoisotopic (exact) mass is 448 g/mol. The highest BCUT2D eigenvalue weighted by Gasteiger charge is 2.16. The van der Waals surface area contributed by atoms with Crippen molar-refractivity contribution in [1.82, 2.24) is 14.8 Å². The summed E-state index contributed by atoms with van der Waals surface area (Å²) in [5.74, 6) is 0.680. The first-order valence-electron chi connectivity index (χ1n) is 9.64. The first kappa shape index (κ1) is 21.0. The zero-order chi connectivity index (χ0) is 21.6. The van der Waals surface area contributed by atoms with Crippen LogP contribution in [-0.4, -0.2) is 32.2 Å². The van der Waals surface area contributed by atoms with E-state index >= 15 is 0 Å². The summed E-state index contributed by atoms with van der Waals surface area (Å²) in [4.78, 5) is 26.6. The van der Waals surface area contributed by atoms with Crippen LogP contribution in [0.4, 0.5) is 5.69 Å². The van der Waals surface area contributed by atoms with Crippen LogP contribution in [0.15, 0.2) is 77.3 Å². The Labute approximate surface area is 188 Å². The van der Waals surface area contributed by atoms with E-state index in [0.717, 1.165) is 5.82 Å². The maximum atomic E-state index is 12.8. The van der Waals surface area contributed by atoms with Crippen LogP contribution in [-0.2, 0) is 18.3 Å². The molecule has 0 aliphatic rings. The van der Waals surface area contributed by atoms with Gasteiger partial charge in [0.05, 0.1) is 11.4 Å². The van der Waals surface area contributed by atoms with Gasteiger partial charge >= 0.3 is 0 Å². The average Bonchev–Trinajstić information content (AvgIpc) is 3.43. The van der Waals surface area contributed by atoms with Crippen molar-refractivity contribution in [2.45, 2.75) is 11.6 Å². The van der Waals surface area contributed by atoms with Crippen LogP contribution < -0.4 is 5.32 Å². The summed E-state index contributed by atoms with van der Waals surface area (Å²) in [6.45, 7) is 0. The van der Waals surface area contributed by atoms with Gasteiger partial charge in [-0.2, -0.15) is 0 Å². The minimum absolute atomic E-state index is 0.129. The molecule has 0 saturated carbocycles. The largest absolute Gasteiger partial charge is 0.325 e. The van der Waals surface area contributed by atoms with Gasteiger partial charge in [0, 0.05) is 29.5 Å². The van der Waals surface area contributed by atoms with E-state index in [1.54, 1.807) is 47.7 Å². The van der Waals surface area contributed by atoms with Crippen molar-refractivity contribution in [2.75, 3.05) is 11.1 Å². The van der Waals surface area contributed by atoms with Crippen LogP contribution in [0.3, 0.4) is 0 Å². The number of carbonyl (C=O) groups excluding carboxylic acids is 2. The minimum Gasteiger partial charge on any atom is -0.325 e. The van der Waals surface area contributed by atoms with Crippen molar-refractivity contribution in [1.29, 1.82) is 0 Å². The molecule has 31 heavy (non-hydrogen) atoms. The standard InChI is InChI=1S/C23H20N4O2S2/c1-27-20(14-17-10-7-13-30-17)25-26-23(27)31-15-21(28)24-19-12-6-5-11-18(19)22(29)16-8-3-2-4-9-16/h2-13H,14-15H2,1H3,(H,24,28). The number of benzene rings is 2. The van der Waals surface area contributed by atoms with Gasteiger partial charge in [-0.1, -0.05) is 60.3 Å². The van der Waals surface area contributed by atoms with Gasteiger partial charge in [0.2, 0.25) is 5.91 Å². The fraction of sp³-hybridized carbons (Fsp3) is 0.130. The quantitative estimate of drug-likeness (QED) is 0.319. The van der Waals surface area contributed by atoms with Crippen LogP contribution in [0.25, 0.3) is 0 Å². The number of nitrogens with one attached hydrogen (secondary N) is 1. The van der Waals surface area contributed by atoms with Crippen LogP contribution >= 0.6 is 23.1 Å². The Balaban J connectivity index is 1.40. The molecule has 0 spiro atoms. The van der Waals surface area contributed by atoms with Gasteiger partial charge in [0.1, 0.15) is 5.82 Å². The summed E-state index contributed by atoms with van der Waals surface area (Å²) >= 11 is 2.99. The SMILES string of the molecule is Cn1c(Cc2cccs2)nnc1SCC(=O)Nc1ccccc1C(=O)c1ccccc1. The molecular formula is C23H20N4O2S2. The maximum absolute atomic E-state index is 12.8. The molecule has 2 aromatic heterocycles. The second kappa shape index (κ2) is 9.72. The number of rotatable bonds is 8. The Hall–Kier alpha value is -3.23. The molecule has 0 atom stereocenters. The fourth-order valence-electron chi connectivity index (χ4n) is 3.05. The number of anilines is 1. The fourth-order valence-corrected chi connectivity index (χ4v) is 4.48. The summed E-state index contributed by atoms with van der Waals surface area (Å²) in [5, 5.41) is 14.0. The number of aromatic nitrogens is 3. The molecule has 156 valence electrons. The molecule has 0 bridgehead atoms. The van der Waals surface area contributed by atoms with E-state index in [1.165, 1.54) is 16.6 Å². The lowest BCUT2D eigenvalue weighted by molar-refractivity contribution is -0.113. The molecule has 8 heteroatoms. The summed E-state index contributed by atoms with van der Waals surface area (Å²) in [6, 6.07) is 20.1. The second-order valence-electron chi connectivity index (χ2n) is 6.79. The number of hydrogen-bond acceptors (Lipinski definition) is 6. The number of nitrogens with zero attached hydrogens (tertiary/aromatic N) is 3. The highest BCUT2D eigenvalue weighted by atomic mass is 32.2. The molecule has 2 heterocycles. The molecule has 1 amide bonds. The van der Waals surface area contributed by atoms with E-state index in [2.05, 4.69) is 21.6 Å². The van der Waals surface area contributed by atoms with Gasteiger partial charge in [-0.05, 0) is 23.6 Å². The predicted molar refractivity (Wildman–Crippen MR) is 124 cm³/mol. The number of thiophene rings is 1. The normalized spacial score (nSPS) is 10.7. The Morgan fingerprint density at radius 2 is 1.77 bits per heavy atom. The minimum atomic E-state index is -0.207. The van der Waals surface area contributed by atoms with Crippen LogP contribution in [0.2, 0.25) is 0 Å². The third-order valence-electron chi connectivity index (χ3n) is 4.65. The first-order valence-corrected chi connectivity index (χ1v) is 11.5. The molecule has 4 aromatic rings. The van der Waals surface area contributed by atoms with Crippen molar-refractivity contribution < 1.29 is 9.59 Å². The van der Waals surface area contributed by atoms with E-state index in [4.69, 9.17) is 0 Å².